The van der Waals surface area contributed by atoms with Crippen LogP contribution in [0.2, 0.25) is 0 Å². The van der Waals surface area contributed by atoms with E-state index in [4.69, 9.17) is 5.73 Å². The molecule has 0 spiro atoms. The monoisotopic (exact) mass is 194 g/mol. The van der Waals surface area contributed by atoms with E-state index in [0.29, 0.717) is 0 Å². The van der Waals surface area contributed by atoms with E-state index < -0.39 is 0 Å². The lowest BCUT2D eigenvalue weighted by atomic mass is 10.1. The zero-order chi connectivity index (χ0) is 10.3. The molecule has 0 saturated heterocycles. The predicted molar refractivity (Wildman–Crippen MR) is 63.7 cm³/mol. The fraction of sp³-hybridized carbons (Fsp3) is 0. The number of rotatable bonds is 0. The summed E-state index contributed by atoms with van der Waals surface area (Å²) in [5.74, 6) is 0. The maximum absolute atomic E-state index is 5.91. The number of pyridine rings is 1. The van der Waals surface area contributed by atoms with Gasteiger partial charge in [-0.05, 0) is 29.0 Å². The van der Waals surface area contributed by atoms with Gasteiger partial charge in [0.1, 0.15) is 0 Å². The van der Waals surface area contributed by atoms with E-state index in [2.05, 4.69) is 29.2 Å². The first-order valence-corrected chi connectivity index (χ1v) is 4.87. The highest BCUT2D eigenvalue weighted by Crippen LogP contribution is 2.24. The molecule has 0 unspecified atom stereocenters. The normalized spacial score (nSPS) is 10.9. The summed E-state index contributed by atoms with van der Waals surface area (Å²) in [4.78, 5) is 4.31. The van der Waals surface area contributed by atoms with Gasteiger partial charge in [0.2, 0.25) is 0 Å². The van der Waals surface area contributed by atoms with Gasteiger partial charge in [0, 0.05) is 17.3 Å². The molecule has 0 atom stereocenters. The van der Waals surface area contributed by atoms with Gasteiger partial charge in [-0.3, -0.25) is 4.98 Å². The highest BCUT2D eigenvalue weighted by molar-refractivity contribution is 6.01. The first-order chi connectivity index (χ1) is 7.34. The first kappa shape index (κ1) is 8.24. The molecule has 1 heterocycles. The number of nitrogens with two attached hydrogens (primary N) is 1. The van der Waals surface area contributed by atoms with E-state index >= 15 is 0 Å². The molecule has 0 aliphatic carbocycles. The largest absolute Gasteiger partial charge is 0.398 e. The Morgan fingerprint density at radius 3 is 2.47 bits per heavy atom. The third kappa shape index (κ3) is 1.22. The minimum atomic E-state index is 0.783. The molecule has 3 aromatic rings. The molecule has 0 fully saturated rings. The number of nitrogens with zero attached hydrogens (tertiary/aromatic N) is 1. The van der Waals surface area contributed by atoms with Crippen molar-refractivity contribution >= 4 is 27.4 Å². The summed E-state index contributed by atoms with van der Waals surface area (Å²) in [6.45, 7) is 0. The summed E-state index contributed by atoms with van der Waals surface area (Å²) >= 11 is 0. The van der Waals surface area contributed by atoms with Crippen molar-refractivity contribution in [1.29, 1.82) is 0 Å². The summed E-state index contributed by atoms with van der Waals surface area (Å²) < 4.78 is 0. The zero-order valence-corrected chi connectivity index (χ0v) is 8.14. The number of fused-ring (bicyclic) bond motifs is 2. The molecule has 0 aliphatic heterocycles. The molecule has 2 heteroatoms. The molecule has 0 aliphatic rings. The summed E-state index contributed by atoms with van der Waals surface area (Å²) in [5.41, 5.74) is 7.64. The third-order valence-electron chi connectivity index (χ3n) is 2.64. The van der Waals surface area contributed by atoms with Crippen molar-refractivity contribution in [3.63, 3.8) is 0 Å². The van der Waals surface area contributed by atoms with E-state index in [1.807, 2.05) is 18.2 Å². The molecular formula is C13H10N2. The van der Waals surface area contributed by atoms with E-state index in [9.17, 15) is 0 Å². The van der Waals surface area contributed by atoms with E-state index in [0.717, 1.165) is 16.6 Å². The van der Waals surface area contributed by atoms with Crippen LogP contribution in [0.3, 0.4) is 0 Å². The number of hydrogen-bond acceptors (Lipinski definition) is 2. The summed E-state index contributed by atoms with van der Waals surface area (Å²) in [6.07, 6.45) is 1.74. The minimum Gasteiger partial charge on any atom is -0.398 e. The quantitative estimate of drug-likeness (QED) is 0.559. The second-order valence-corrected chi connectivity index (χ2v) is 3.62. The molecule has 15 heavy (non-hydrogen) atoms. The van der Waals surface area contributed by atoms with Crippen LogP contribution in [0, 0.1) is 0 Å². The van der Waals surface area contributed by atoms with Crippen molar-refractivity contribution < 1.29 is 0 Å². The molecule has 2 N–H and O–H groups in total. The molecule has 2 aromatic carbocycles. The fourth-order valence-corrected chi connectivity index (χ4v) is 1.85. The number of hydrogen-bond donors (Lipinski definition) is 1. The van der Waals surface area contributed by atoms with Gasteiger partial charge in [-0.2, -0.15) is 0 Å². The van der Waals surface area contributed by atoms with E-state index in [1.165, 1.54) is 10.8 Å². The minimum absolute atomic E-state index is 0.783. The lowest BCUT2D eigenvalue weighted by Gasteiger charge is -2.03. The van der Waals surface area contributed by atoms with Gasteiger partial charge in [0.25, 0.3) is 0 Å². The SMILES string of the molecule is Nc1ccnc2cc3ccccc3cc12. The number of nitrogen functional groups attached to an aromatic ring is 1. The average Bonchev–Trinajstić information content (AvgIpc) is 2.27. The Bertz CT molecular complexity index is 644. The van der Waals surface area contributed by atoms with Crippen LogP contribution in [0.4, 0.5) is 5.69 Å². The molecule has 72 valence electrons. The smallest absolute Gasteiger partial charge is 0.0729 e. The maximum atomic E-state index is 5.91. The van der Waals surface area contributed by atoms with Gasteiger partial charge in [-0.1, -0.05) is 24.3 Å². The Labute approximate surface area is 87.4 Å². The standard InChI is InChI=1S/C13H10N2/c14-12-5-6-15-13-8-10-4-2-1-3-9(10)7-11(12)13/h1-8H,(H2,14,15). The van der Waals surface area contributed by atoms with E-state index in [1.54, 1.807) is 6.20 Å². The van der Waals surface area contributed by atoms with Crippen LogP contribution in [0.15, 0.2) is 48.7 Å². The lowest BCUT2D eigenvalue weighted by molar-refractivity contribution is 1.42. The van der Waals surface area contributed by atoms with E-state index in [-0.39, 0.29) is 0 Å². The lowest BCUT2D eigenvalue weighted by Crippen LogP contribution is -1.88. The van der Waals surface area contributed by atoms with Crippen LogP contribution >= 0.6 is 0 Å². The van der Waals surface area contributed by atoms with Crippen LogP contribution in [0.5, 0.6) is 0 Å². The summed E-state index contributed by atoms with van der Waals surface area (Å²) in [6, 6.07) is 14.2. The highest BCUT2D eigenvalue weighted by Gasteiger charge is 2.00. The average molecular weight is 194 g/mol. The molecule has 2 nitrogen and oxygen atoms in total. The molecule has 3 rings (SSSR count). The highest BCUT2D eigenvalue weighted by atomic mass is 14.7. The zero-order valence-electron chi connectivity index (χ0n) is 8.14. The van der Waals surface area contributed by atoms with Crippen molar-refractivity contribution in [2.45, 2.75) is 0 Å². The van der Waals surface area contributed by atoms with Gasteiger partial charge < -0.3 is 5.73 Å². The molecule has 0 bridgehead atoms. The van der Waals surface area contributed by atoms with Crippen LogP contribution < -0.4 is 5.73 Å². The van der Waals surface area contributed by atoms with Crippen LogP contribution in [0.1, 0.15) is 0 Å². The Morgan fingerprint density at radius 2 is 1.67 bits per heavy atom. The number of anilines is 1. The third-order valence-corrected chi connectivity index (χ3v) is 2.64. The van der Waals surface area contributed by atoms with Crippen molar-refractivity contribution in [2.75, 3.05) is 5.73 Å². The van der Waals surface area contributed by atoms with Crippen LogP contribution in [-0.2, 0) is 0 Å². The van der Waals surface area contributed by atoms with Crippen LogP contribution in [0.25, 0.3) is 21.7 Å². The van der Waals surface area contributed by atoms with Gasteiger partial charge >= 0.3 is 0 Å². The predicted octanol–water partition coefficient (Wildman–Crippen LogP) is 2.97. The van der Waals surface area contributed by atoms with Gasteiger partial charge in [0.05, 0.1) is 5.52 Å². The van der Waals surface area contributed by atoms with Crippen LogP contribution in [-0.4, -0.2) is 4.98 Å². The van der Waals surface area contributed by atoms with Crippen molar-refractivity contribution in [2.24, 2.45) is 0 Å². The molecule has 0 saturated carbocycles. The summed E-state index contributed by atoms with van der Waals surface area (Å²) in [5, 5.41) is 3.42. The Hall–Kier alpha value is -2.09. The van der Waals surface area contributed by atoms with Crippen molar-refractivity contribution in [3.05, 3.63) is 48.7 Å². The Kier molecular flexibility index (Phi) is 1.62. The second-order valence-electron chi connectivity index (χ2n) is 3.62. The van der Waals surface area contributed by atoms with Gasteiger partial charge in [-0.25, -0.2) is 0 Å². The molecule has 1 aromatic heterocycles. The topological polar surface area (TPSA) is 38.9 Å². The molecular weight excluding hydrogens is 184 g/mol. The van der Waals surface area contributed by atoms with Gasteiger partial charge in [0.15, 0.2) is 0 Å². The summed E-state index contributed by atoms with van der Waals surface area (Å²) in [7, 11) is 0. The Morgan fingerprint density at radius 1 is 0.933 bits per heavy atom. The number of benzene rings is 2. The first-order valence-electron chi connectivity index (χ1n) is 4.87. The fourth-order valence-electron chi connectivity index (χ4n) is 1.85. The second kappa shape index (κ2) is 2.95. The molecule has 0 amide bonds. The number of aromatic nitrogens is 1. The maximum Gasteiger partial charge on any atom is 0.0729 e. The Balaban J connectivity index is 2.53. The van der Waals surface area contributed by atoms with Gasteiger partial charge in [-0.15, -0.1) is 0 Å². The molecule has 0 radical (unpaired) electrons. The van der Waals surface area contributed by atoms with Crippen molar-refractivity contribution in [1.82, 2.24) is 4.98 Å². The van der Waals surface area contributed by atoms with Crippen molar-refractivity contribution in [3.8, 4) is 0 Å².